The number of likely N-dealkylation sites (N-methyl/N-ethyl adjacent to an activating group) is 1. The van der Waals surface area contributed by atoms with Gasteiger partial charge in [0, 0.05) is 24.7 Å². The molecule has 0 radical (unpaired) electrons. The van der Waals surface area contributed by atoms with E-state index in [1.54, 1.807) is 0 Å². The van der Waals surface area contributed by atoms with E-state index in [1.807, 2.05) is 6.92 Å². The van der Waals surface area contributed by atoms with Crippen molar-refractivity contribution in [3.8, 4) is 0 Å². The first-order valence-corrected chi connectivity index (χ1v) is 6.38. The Morgan fingerprint density at radius 2 is 1.94 bits per heavy atom. The molecule has 1 unspecified atom stereocenters. The largest absolute Gasteiger partial charge is 0.329 e. The lowest BCUT2D eigenvalue weighted by atomic mass is 10.0. The Morgan fingerprint density at radius 3 is 2.44 bits per heavy atom. The molecule has 0 aromatic heterocycles. The van der Waals surface area contributed by atoms with Crippen LogP contribution in [0.2, 0.25) is 0 Å². The molecule has 0 amide bonds. The fourth-order valence-electron chi connectivity index (χ4n) is 2.19. The number of hydrogen-bond acceptors (Lipinski definition) is 2. The van der Waals surface area contributed by atoms with E-state index < -0.39 is 11.6 Å². The van der Waals surface area contributed by atoms with Gasteiger partial charge in [-0.05, 0) is 30.7 Å². The third-order valence-electron chi connectivity index (χ3n) is 2.99. The van der Waals surface area contributed by atoms with Crippen LogP contribution in [-0.2, 0) is 0 Å². The second kappa shape index (κ2) is 6.81. The third kappa shape index (κ3) is 3.75. The maximum Gasteiger partial charge on any atom is 0.128 e. The van der Waals surface area contributed by atoms with E-state index in [4.69, 9.17) is 5.73 Å². The predicted octanol–water partition coefficient (Wildman–Crippen LogP) is 2.94. The Kier molecular flexibility index (Phi) is 5.69. The van der Waals surface area contributed by atoms with Gasteiger partial charge in [-0.3, -0.25) is 4.90 Å². The SMILES string of the molecule is CCN(CC(C)C)C(CN)c1cc(F)ccc1F. The molecule has 2 N–H and O–H groups in total. The fraction of sp³-hybridized carbons (Fsp3) is 0.571. The Morgan fingerprint density at radius 1 is 1.28 bits per heavy atom. The van der Waals surface area contributed by atoms with Crippen molar-refractivity contribution >= 4 is 0 Å². The van der Waals surface area contributed by atoms with Gasteiger partial charge in [0.1, 0.15) is 11.6 Å². The molecule has 1 aromatic carbocycles. The van der Waals surface area contributed by atoms with E-state index in [2.05, 4.69) is 18.7 Å². The topological polar surface area (TPSA) is 29.3 Å². The minimum atomic E-state index is -0.426. The van der Waals surface area contributed by atoms with Gasteiger partial charge in [0.15, 0.2) is 0 Å². The second-order valence-electron chi connectivity index (χ2n) is 4.90. The highest BCUT2D eigenvalue weighted by Crippen LogP contribution is 2.24. The van der Waals surface area contributed by atoms with Crippen LogP contribution in [0.3, 0.4) is 0 Å². The van der Waals surface area contributed by atoms with Crippen molar-refractivity contribution in [2.45, 2.75) is 26.8 Å². The van der Waals surface area contributed by atoms with Crippen molar-refractivity contribution in [2.75, 3.05) is 19.6 Å². The smallest absolute Gasteiger partial charge is 0.128 e. The number of halogens is 2. The average Bonchev–Trinajstić information content (AvgIpc) is 2.32. The molecule has 0 aliphatic heterocycles. The van der Waals surface area contributed by atoms with Crippen molar-refractivity contribution in [3.05, 3.63) is 35.4 Å². The van der Waals surface area contributed by atoms with Gasteiger partial charge in [-0.15, -0.1) is 0 Å². The predicted molar refractivity (Wildman–Crippen MR) is 70.2 cm³/mol. The Hall–Kier alpha value is -1.00. The van der Waals surface area contributed by atoms with Crippen LogP contribution in [0, 0.1) is 17.6 Å². The summed E-state index contributed by atoms with van der Waals surface area (Å²) in [5.74, 6) is -0.366. The first kappa shape index (κ1) is 15.1. The highest BCUT2D eigenvalue weighted by atomic mass is 19.1. The maximum atomic E-state index is 13.8. The van der Waals surface area contributed by atoms with E-state index in [0.29, 0.717) is 11.5 Å². The average molecular weight is 256 g/mol. The summed E-state index contributed by atoms with van der Waals surface area (Å²) in [6.45, 7) is 8.05. The molecule has 2 nitrogen and oxygen atoms in total. The standard InChI is InChI=1S/C14H22F2N2/c1-4-18(9-10(2)3)14(8-17)12-7-11(15)5-6-13(12)16/h5-7,10,14H,4,8-9,17H2,1-3H3. The normalized spacial score (nSPS) is 13.3. The van der Waals surface area contributed by atoms with Gasteiger partial charge in [0.05, 0.1) is 0 Å². The maximum absolute atomic E-state index is 13.8. The summed E-state index contributed by atoms with van der Waals surface area (Å²) in [6.07, 6.45) is 0. The Labute approximate surface area is 108 Å². The van der Waals surface area contributed by atoms with E-state index in [9.17, 15) is 8.78 Å². The molecular weight excluding hydrogens is 234 g/mol. The molecule has 1 rings (SSSR count). The zero-order valence-electron chi connectivity index (χ0n) is 11.3. The van der Waals surface area contributed by atoms with Gasteiger partial charge >= 0.3 is 0 Å². The van der Waals surface area contributed by atoms with Gasteiger partial charge < -0.3 is 5.73 Å². The molecule has 0 aliphatic rings. The zero-order chi connectivity index (χ0) is 13.7. The fourth-order valence-corrected chi connectivity index (χ4v) is 2.19. The molecule has 1 atom stereocenters. The highest BCUT2D eigenvalue weighted by Gasteiger charge is 2.22. The van der Waals surface area contributed by atoms with Crippen molar-refractivity contribution in [1.82, 2.24) is 4.90 Å². The molecule has 0 heterocycles. The number of rotatable bonds is 6. The van der Waals surface area contributed by atoms with Crippen LogP contribution in [0.5, 0.6) is 0 Å². The molecule has 0 saturated heterocycles. The van der Waals surface area contributed by atoms with Crippen molar-refractivity contribution in [3.63, 3.8) is 0 Å². The summed E-state index contributed by atoms with van der Waals surface area (Å²) < 4.78 is 27.0. The van der Waals surface area contributed by atoms with Crippen molar-refractivity contribution < 1.29 is 8.78 Å². The van der Waals surface area contributed by atoms with E-state index in [0.717, 1.165) is 25.2 Å². The number of hydrogen-bond donors (Lipinski definition) is 1. The minimum absolute atomic E-state index is 0.270. The van der Waals surface area contributed by atoms with Crippen LogP contribution in [0.1, 0.15) is 32.4 Å². The van der Waals surface area contributed by atoms with Crippen molar-refractivity contribution in [2.24, 2.45) is 11.7 Å². The molecule has 0 saturated carbocycles. The van der Waals surface area contributed by atoms with Crippen LogP contribution in [-0.4, -0.2) is 24.5 Å². The van der Waals surface area contributed by atoms with Gasteiger partial charge in [0.25, 0.3) is 0 Å². The zero-order valence-corrected chi connectivity index (χ0v) is 11.3. The van der Waals surface area contributed by atoms with E-state index >= 15 is 0 Å². The summed E-state index contributed by atoms with van der Waals surface area (Å²) in [5, 5.41) is 0. The van der Waals surface area contributed by atoms with E-state index in [-0.39, 0.29) is 12.6 Å². The summed E-state index contributed by atoms with van der Waals surface area (Å²) in [6, 6.07) is 3.27. The van der Waals surface area contributed by atoms with Crippen LogP contribution < -0.4 is 5.73 Å². The van der Waals surface area contributed by atoms with Crippen LogP contribution in [0.4, 0.5) is 8.78 Å². The third-order valence-corrected chi connectivity index (χ3v) is 2.99. The van der Waals surface area contributed by atoms with Gasteiger partial charge in [-0.1, -0.05) is 20.8 Å². The lowest BCUT2D eigenvalue weighted by molar-refractivity contribution is 0.185. The molecule has 102 valence electrons. The van der Waals surface area contributed by atoms with Crippen LogP contribution in [0.25, 0.3) is 0 Å². The first-order valence-electron chi connectivity index (χ1n) is 6.38. The molecule has 0 bridgehead atoms. The molecule has 1 aromatic rings. The highest BCUT2D eigenvalue weighted by molar-refractivity contribution is 5.23. The molecular formula is C14H22F2N2. The lowest BCUT2D eigenvalue weighted by Gasteiger charge is -2.31. The minimum Gasteiger partial charge on any atom is -0.329 e. The molecule has 0 fully saturated rings. The first-order chi connectivity index (χ1) is 8.49. The molecule has 4 heteroatoms. The summed E-state index contributed by atoms with van der Waals surface area (Å²) in [5.41, 5.74) is 6.09. The number of nitrogens with two attached hydrogens (primary N) is 1. The van der Waals surface area contributed by atoms with E-state index in [1.165, 1.54) is 6.07 Å². The monoisotopic (exact) mass is 256 g/mol. The summed E-state index contributed by atoms with van der Waals surface area (Å²) in [4.78, 5) is 2.09. The van der Waals surface area contributed by atoms with Gasteiger partial charge in [-0.2, -0.15) is 0 Å². The summed E-state index contributed by atoms with van der Waals surface area (Å²) >= 11 is 0. The Balaban J connectivity index is 3.03. The Bertz CT molecular complexity index is 380. The van der Waals surface area contributed by atoms with Crippen LogP contribution >= 0.6 is 0 Å². The number of benzene rings is 1. The van der Waals surface area contributed by atoms with Gasteiger partial charge in [0.2, 0.25) is 0 Å². The van der Waals surface area contributed by atoms with Crippen molar-refractivity contribution in [1.29, 1.82) is 0 Å². The number of nitrogens with zero attached hydrogens (tertiary/aromatic N) is 1. The molecule has 18 heavy (non-hydrogen) atoms. The molecule has 0 spiro atoms. The summed E-state index contributed by atoms with van der Waals surface area (Å²) in [7, 11) is 0. The van der Waals surface area contributed by atoms with Gasteiger partial charge in [-0.25, -0.2) is 8.78 Å². The quantitative estimate of drug-likeness (QED) is 0.848. The van der Waals surface area contributed by atoms with Crippen LogP contribution in [0.15, 0.2) is 18.2 Å². The lowest BCUT2D eigenvalue weighted by Crippen LogP contribution is -2.36. The molecule has 0 aliphatic carbocycles. The second-order valence-corrected chi connectivity index (χ2v) is 4.90.